The van der Waals surface area contributed by atoms with Crippen LogP contribution in [0.4, 0.5) is 4.39 Å². The van der Waals surface area contributed by atoms with Gasteiger partial charge >= 0.3 is 5.97 Å². The first-order chi connectivity index (χ1) is 7.11. The van der Waals surface area contributed by atoms with Crippen molar-refractivity contribution in [2.45, 2.75) is 19.4 Å². The summed E-state index contributed by atoms with van der Waals surface area (Å²) in [7, 11) is 0. The Balaban J connectivity index is 2.50. The molecule has 0 aromatic heterocycles. The Hall–Kier alpha value is -1.42. The lowest BCUT2D eigenvalue weighted by molar-refractivity contribution is -0.136. The lowest BCUT2D eigenvalue weighted by atomic mass is 10.1. The third kappa shape index (κ3) is 3.67. The number of benzene rings is 1. The van der Waals surface area contributed by atoms with Gasteiger partial charge in [0, 0.05) is 18.2 Å². The molecule has 4 heteroatoms. The summed E-state index contributed by atoms with van der Waals surface area (Å²) < 4.78 is 13.3. The molecule has 0 aliphatic rings. The molecule has 1 aromatic carbocycles. The highest BCUT2D eigenvalue weighted by Crippen LogP contribution is 2.15. The molecule has 1 atom stereocenters. The quantitative estimate of drug-likeness (QED) is 0.782. The molecule has 15 heavy (non-hydrogen) atoms. The summed E-state index contributed by atoms with van der Waals surface area (Å²) in [5, 5.41) is 11.4. The van der Waals surface area contributed by atoms with E-state index < -0.39 is 5.97 Å². The van der Waals surface area contributed by atoms with Crippen LogP contribution in [0.5, 0.6) is 0 Å². The maximum absolute atomic E-state index is 13.3. The van der Waals surface area contributed by atoms with Gasteiger partial charge in [-0.25, -0.2) is 4.39 Å². The number of hydrogen-bond donors (Lipinski definition) is 2. The molecule has 0 saturated carbocycles. The second kappa shape index (κ2) is 5.46. The third-order valence-corrected chi connectivity index (χ3v) is 2.16. The molecule has 0 bridgehead atoms. The molecule has 2 N–H and O–H groups in total. The van der Waals surface area contributed by atoms with E-state index >= 15 is 0 Å². The topological polar surface area (TPSA) is 49.3 Å². The number of rotatable bonds is 5. The molecule has 0 unspecified atom stereocenters. The zero-order valence-electron chi connectivity index (χ0n) is 8.53. The molecule has 0 saturated heterocycles. The minimum absolute atomic E-state index is 0.0405. The van der Waals surface area contributed by atoms with Crippen molar-refractivity contribution in [2.75, 3.05) is 6.54 Å². The molecule has 3 nitrogen and oxygen atoms in total. The van der Waals surface area contributed by atoms with Crippen LogP contribution in [0, 0.1) is 5.82 Å². The Morgan fingerprint density at radius 3 is 2.80 bits per heavy atom. The molecular formula is C11H14FNO2. The molecule has 82 valence electrons. The predicted molar refractivity (Wildman–Crippen MR) is 55.1 cm³/mol. The third-order valence-electron chi connectivity index (χ3n) is 2.16. The predicted octanol–water partition coefficient (Wildman–Crippen LogP) is 1.95. The van der Waals surface area contributed by atoms with Crippen LogP contribution in [0.1, 0.15) is 24.9 Å². The Labute approximate surface area is 87.9 Å². The summed E-state index contributed by atoms with van der Waals surface area (Å²) in [6.45, 7) is 2.14. The van der Waals surface area contributed by atoms with Crippen molar-refractivity contribution in [3.8, 4) is 0 Å². The lowest BCUT2D eigenvalue weighted by Gasteiger charge is -2.13. The highest BCUT2D eigenvalue weighted by atomic mass is 19.1. The van der Waals surface area contributed by atoms with E-state index in [-0.39, 0.29) is 18.3 Å². The van der Waals surface area contributed by atoms with Crippen molar-refractivity contribution >= 4 is 5.97 Å². The molecule has 0 aliphatic heterocycles. The number of halogens is 1. The normalized spacial score (nSPS) is 12.4. The molecule has 0 amide bonds. The van der Waals surface area contributed by atoms with Crippen molar-refractivity contribution in [1.82, 2.24) is 5.32 Å². The molecule has 0 heterocycles. The molecule has 0 radical (unpaired) electrons. The molecule has 0 aliphatic carbocycles. The molecule has 0 fully saturated rings. The van der Waals surface area contributed by atoms with Gasteiger partial charge in [-0.05, 0) is 13.0 Å². The first-order valence-electron chi connectivity index (χ1n) is 4.81. The highest BCUT2D eigenvalue weighted by molar-refractivity contribution is 5.66. The van der Waals surface area contributed by atoms with E-state index in [2.05, 4.69) is 5.32 Å². The van der Waals surface area contributed by atoms with Gasteiger partial charge in [0.15, 0.2) is 0 Å². The minimum Gasteiger partial charge on any atom is -0.481 e. The van der Waals surface area contributed by atoms with Gasteiger partial charge in [-0.3, -0.25) is 4.79 Å². The van der Waals surface area contributed by atoms with E-state index in [0.717, 1.165) is 0 Å². The molecule has 1 rings (SSSR count). The summed E-state index contributed by atoms with van der Waals surface area (Å²) >= 11 is 0. The van der Waals surface area contributed by atoms with Gasteiger partial charge in [0.1, 0.15) is 5.82 Å². The molecular weight excluding hydrogens is 197 g/mol. The first kappa shape index (κ1) is 11.7. The number of aliphatic carboxylic acids is 1. The number of carbonyl (C=O) groups is 1. The standard InChI is InChI=1S/C11H14FNO2/c1-8(13-7-6-11(14)15)9-4-2-3-5-10(9)12/h2-5,8,13H,6-7H2,1H3,(H,14,15)/t8-/m1/s1. The number of nitrogens with one attached hydrogen (secondary N) is 1. The van der Waals surface area contributed by atoms with Crippen LogP contribution in [0.2, 0.25) is 0 Å². The summed E-state index contributed by atoms with van der Waals surface area (Å²) in [5.41, 5.74) is 0.558. The minimum atomic E-state index is -0.858. The SMILES string of the molecule is C[C@@H](NCCC(=O)O)c1ccccc1F. The van der Waals surface area contributed by atoms with E-state index in [1.54, 1.807) is 25.1 Å². The Morgan fingerprint density at radius 2 is 2.20 bits per heavy atom. The van der Waals surface area contributed by atoms with Crippen LogP contribution >= 0.6 is 0 Å². The largest absolute Gasteiger partial charge is 0.481 e. The van der Waals surface area contributed by atoms with Gasteiger partial charge in [0.25, 0.3) is 0 Å². The van der Waals surface area contributed by atoms with Gasteiger partial charge in [-0.1, -0.05) is 18.2 Å². The average Bonchev–Trinajstić information content (AvgIpc) is 2.17. The van der Waals surface area contributed by atoms with Gasteiger partial charge in [-0.15, -0.1) is 0 Å². The maximum Gasteiger partial charge on any atom is 0.304 e. The number of hydrogen-bond acceptors (Lipinski definition) is 2. The van der Waals surface area contributed by atoms with Crippen molar-refractivity contribution in [3.63, 3.8) is 0 Å². The smallest absolute Gasteiger partial charge is 0.304 e. The van der Waals surface area contributed by atoms with E-state index in [0.29, 0.717) is 12.1 Å². The van der Waals surface area contributed by atoms with Crippen LogP contribution in [-0.4, -0.2) is 17.6 Å². The van der Waals surface area contributed by atoms with Crippen LogP contribution in [0.25, 0.3) is 0 Å². The fraction of sp³-hybridized carbons (Fsp3) is 0.364. The van der Waals surface area contributed by atoms with Crippen molar-refractivity contribution in [2.24, 2.45) is 0 Å². The monoisotopic (exact) mass is 211 g/mol. The number of carboxylic acids is 1. The zero-order valence-corrected chi connectivity index (χ0v) is 8.53. The Bertz CT molecular complexity index is 341. The van der Waals surface area contributed by atoms with E-state index in [1.165, 1.54) is 6.07 Å². The van der Waals surface area contributed by atoms with Gasteiger partial charge in [0.2, 0.25) is 0 Å². The summed E-state index contributed by atoms with van der Waals surface area (Å²) in [4.78, 5) is 10.3. The van der Waals surface area contributed by atoms with E-state index in [1.807, 2.05) is 0 Å². The Morgan fingerprint density at radius 1 is 1.53 bits per heavy atom. The van der Waals surface area contributed by atoms with Crippen LogP contribution in [0.15, 0.2) is 24.3 Å². The fourth-order valence-electron chi connectivity index (χ4n) is 1.33. The lowest BCUT2D eigenvalue weighted by Crippen LogP contribution is -2.22. The summed E-state index contributed by atoms with van der Waals surface area (Å²) in [6, 6.07) is 6.29. The zero-order chi connectivity index (χ0) is 11.3. The van der Waals surface area contributed by atoms with Gasteiger partial charge in [-0.2, -0.15) is 0 Å². The van der Waals surface area contributed by atoms with Crippen LogP contribution in [-0.2, 0) is 4.79 Å². The van der Waals surface area contributed by atoms with Crippen molar-refractivity contribution in [1.29, 1.82) is 0 Å². The average molecular weight is 211 g/mol. The second-order valence-corrected chi connectivity index (χ2v) is 3.34. The van der Waals surface area contributed by atoms with E-state index in [4.69, 9.17) is 5.11 Å². The van der Waals surface area contributed by atoms with Gasteiger partial charge < -0.3 is 10.4 Å². The molecule has 1 aromatic rings. The van der Waals surface area contributed by atoms with E-state index in [9.17, 15) is 9.18 Å². The maximum atomic E-state index is 13.3. The van der Waals surface area contributed by atoms with Gasteiger partial charge in [0.05, 0.1) is 6.42 Å². The highest BCUT2D eigenvalue weighted by Gasteiger charge is 2.09. The van der Waals surface area contributed by atoms with Crippen LogP contribution < -0.4 is 5.32 Å². The Kier molecular flexibility index (Phi) is 4.24. The second-order valence-electron chi connectivity index (χ2n) is 3.34. The van der Waals surface area contributed by atoms with Crippen molar-refractivity contribution in [3.05, 3.63) is 35.6 Å². The fourth-order valence-corrected chi connectivity index (χ4v) is 1.33. The number of carboxylic acid groups (broad SMARTS) is 1. The summed E-state index contributed by atoms with van der Waals surface area (Å²) in [6.07, 6.45) is 0.0405. The summed E-state index contributed by atoms with van der Waals surface area (Å²) in [5.74, 6) is -1.13. The van der Waals surface area contributed by atoms with Crippen molar-refractivity contribution < 1.29 is 14.3 Å². The first-order valence-corrected chi connectivity index (χ1v) is 4.81. The van der Waals surface area contributed by atoms with Crippen LogP contribution in [0.3, 0.4) is 0 Å². The molecule has 0 spiro atoms.